The summed E-state index contributed by atoms with van der Waals surface area (Å²) in [6.45, 7) is 7.48. The minimum Gasteiger partial charge on any atom is -0.493 e. The van der Waals surface area contributed by atoms with Crippen LogP contribution in [0.15, 0.2) is 36.4 Å². The molecular weight excluding hydrogens is 286 g/mol. The van der Waals surface area contributed by atoms with E-state index in [4.69, 9.17) is 15.2 Å². The van der Waals surface area contributed by atoms with E-state index in [0.717, 1.165) is 17.9 Å². The van der Waals surface area contributed by atoms with Gasteiger partial charge in [-0.25, -0.2) is 0 Å². The quantitative estimate of drug-likeness (QED) is 0.840. The third kappa shape index (κ3) is 4.49. The molecule has 0 aliphatic carbocycles. The second kappa shape index (κ2) is 8.02. The molecule has 0 amide bonds. The zero-order valence-corrected chi connectivity index (χ0v) is 14.6. The smallest absolute Gasteiger partial charge is 0.161 e. The van der Waals surface area contributed by atoms with Gasteiger partial charge in [0.1, 0.15) is 0 Å². The molecule has 1 atom stereocenters. The van der Waals surface area contributed by atoms with Crippen molar-refractivity contribution < 1.29 is 9.47 Å². The summed E-state index contributed by atoms with van der Waals surface area (Å²) in [5, 5.41) is 0. The fourth-order valence-corrected chi connectivity index (χ4v) is 2.98. The molecule has 124 valence electrons. The summed E-state index contributed by atoms with van der Waals surface area (Å²) in [7, 11) is 1.66. The van der Waals surface area contributed by atoms with Gasteiger partial charge in [0.15, 0.2) is 11.5 Å². The largest absolute Gasteiger partial charge is 0.493 e. The van der Waals surface area contributed by atoms with Crippen LogP contribution in [0, 0.1) is 13.8 Å². The first-order valence-corrected chi connectivity index (χ1v) is 8.15. The predicted octanol–water partition coefficient (Wildman–Crippen LogP) is 4.00. The van der Waals surface area contributed by atoms with Gasteiger partial charge in [-0.2, -0.15) is 0 Å². The normalized spacial score (nSPS) is 12.0. The molecule has 0 bridgehead atoms. The molecule has 1 unspecified atom stereocenters. The molecular formula is C20H27NO2. The molecule has 3 heteroatoms. The Morgan fingerprint density at radius 2 is 1.70 bits per heavy atom. The first kappa shape index (κ1) is 17.4. The van der Waals surface area contributed by atoms with Gasteiger partial charge in [0, 0.05) is 5.92 Å². The van der Waals surface area contributed by atoms with Crippen LogP contribution in [0.5, 0.6) is 11.5 Å². The highest BCUT2D eigenvalue weighted by Crippen LogP contribution is 2.30. The molecule has 0 radical (unpaired) electrons. The van der Waals surface area contributed by atoms with Crippen LogP contribution in [0.25, 0.3) is 0 Å². The molecule has 0 fully saturated rings. The molecule has 2 aromatic carbocycles. The monoisotopic (exact) mass is 313 g/mol. The summed E-state index contributed by atoms with van der Waals surface area (Å²) >= 11 is 0. The third-order valence-corrected chi connectivity index (χ3v) is 4.01. The number of nitrogens with two attached hydrogens (primary N) is 1. The number of hydrogen-bond acceptors (Lipinski definition) is 3. The third-order valence-electron chi connectivity index (χ3n) is 4.01. The van der Waals surface area contributed by atoms with E-state index < -0.39 is 0 Å². The van der Waals surface area contributed by atoms with Gasteiger partial charge in [-0.15, -0.1) is 0 Å². The maximum atomic E-state index is 6.05. The van der Waals surface area contributed by atoms with Crippen molar-refractivity contribution in [3.05, 3.63) is 58.7 Å². The van der Waals surface area contributed by atoms with E-state index >= 15 is 0 Å². The first-order valence-electron chi connectivity index (χ1n) is 8.15. The molecule has 23 heavy (non-hydrogen) atoms. The molecule has 0 spiro atoms. The van der Waals surface area contributed by atoms with Gasteiger partial charge in [-0.3, -0.25) is 0 Å². The Hall–Kier alpha value is -2.00. The summed E-state index contributed by atoms with van der Waals surface area (Å²) in [6.07, 6.45) is 0.892. The molecule has 2 rings (SSSR count). The molecule has 0 saturated carbocycles. The highest BCUT2D eigenvalue weighted by molar-refractivity contribution is 5.43. The van der Waals surface area contributed by atoms with E-state index in [1.807, 2.05) is 13.0 Å². The van der Waals surface area contributed by atoms with Crippen molar-refractivity contribution in [1.82, 2.24) is 0 Å². The lowest BCUT2D eigenvalue weighted by Gasteiger charge is -2.18. The SMILES string of the molecule is CCOc1cc(CC(CN)c2cc(C)cc(C)c2)ccc1OC. The van der Waals surface area contributed by atoms with Crippen LogP contribution < -0.4 is 15.2 Å². The molecule has 0 aromatic heterocycles. The van der Waals surface area contributed by atoms with E-state index in [1.54, 1.807) is 7.11 Å². The lowest BCUT2D eigenvalue weighted by Crippen LogP contribution is -2.15. The summed E-state index contributed by atoms with van der Waals surface area (Å²) < 4.78 is 11.0. The van der Waals surface area contributed by atoms with Crippen molar-refractivity contribution in [3.8, 4) is 11.5 Å². The fraction of sp³-hybridized carbons (Fsp3) is 0.400. The Labute approximate surface area is 139 Å². The van der Waals surface area contributed by atoms with Crippen molar-refractivity contribution >= 4 is 0 Å². The average molecular weight is 313 g/mol. The highest BCUT2D eigenvalue weighted by Gasteiger charge is 2.13. The molecule has 3 nitrogen and oxygen atoms in total. The number of ether oxygens (including phenoxy) is 2. The van der Waals surface area contributed by atoms with Gasteiger partial charge in [-0.05, 0) is 57.0 Å². The molecule has 2 N–H and O–H groups in total. The van der Waals surface area contributed by atoms with E-state index in [9.17, 15) is 0 Å². The number of methoxy groups -OCH3 is 1. The summed E-state index contributed by atoms with van der Waals surface area (Å²) in [5.74, 6) is 1.87. The van der Waals surface area contributed by atoms with Gasteiger partial charge in [0.2, 0.25) is 0 Å². The number of benzene rings is 2. The van der Waals surface area contributed by atoms with Crippen LogP contribution in [-0.2, 0) is 6.42 Å². The van der Waals surface area contributed by atoms with Gasteiger partial charge in [-0.1, -0.05) is 35.4 Å². The van der Waals surface area contributed by atoms with Crippen molar-refractivity contribution in [2.45, 2.75) is 33.1 Å². The molecule has 0 saturated heterocycles. The maximum Gasteiger partial charge on any atom is 0.161 e. The Balaban J connectivity index is 2.26. The Morgan fingerprint density at radius 1 is 1.00 bits per heavy atom. The van der Waals surface area contributed by atoms with Crippen LogP contribution in [0.4, 0.5) is 0 Å². The van der Waals surface area contributed by atoms with E-state index in [2.05, 4.69) is 44.2 Å². The van der Waals surface area contributed by atoms with Gasteiger partial charge < -0.3 is 15.2 Å². The van der Waals surface area contributed by atoms with Gasteiger partial charge in [0.25, 0.3) is 0 Å². The minimum absolute atomic E-state index is 0.302. The zero-order chi connectivity index (χ0) is 16.8. The van der Waals surface area contributed by atoms with Crippen molar-refractivity contribution in [2.24, 2.45) is 5.73 Å². The van der Waals surface area contributed by atoms with Crippen LogP contribution in [0.2, 0.25) is 0 Å². The summed E-state index contributed by atoms with van der Waals surface area (Å²) in [6, 6.07) is 12.8. The lowest BCUT2D eigenvalue weighted by atomic mass is 9.90. The molecule has 0 aliphatic heterocycles. The van der Waals surface area contributed by atoms with Gasteiger partial charge in [0.05, 0.1) is 13.7 Å². The van der Waals surface area contributed by atoms with Crippen molar-refractivity contribution in [2.75, 3.05) is 20.3 Å². The standard InChI is InChI=1S/C20H27NO2/c1-5-23-20-12-16(6-7-19(20)22-4)11-18(13-21)17-9-14(2)8-15(3)10-17/h6-10,12,18H,5,11,13,21H2,1-4H3. The van der Waals surface area contributed by atoms with Crippen LogP contribution in [0.3, 0.4) is 0 Å². The maximum absolute atomic E-state index is 6.05. The Kier molecular flexibility index (Phi) is 6.05. The average Bonchev–Trinajstić information content (AvgIpc) is 2.52. The summed E-state index contributed by atoms with van der Waals surface area (Å²) in [5.41, 5.74) is 11.1. The lowest BCUT2D eigenvalue weighted by molar-refractivity contribution is 0.310. The minimum atomic E-state index is 0.302. The Morgan fingerprint density at radius 3 is 2.26 bits per heavy atom. The van der Waals surface area contributed by atoms with E-state index in [1.165, 1.54) is 22.3 Å². The van der Waals surface area contributed by atoms with E-state index in [0.29, 0.717) is 19.1 Å². The molecule has 2 aromatic rings. The van der Waals surface area contributed by atoms with Crippen molar-refractivity contribution in [3.63, 3.8) is 0 Å². The van der Waals surface area contributed by atoms with Crippen LogP contribution in [0.1, 0.15) is 35.1 Å². The molecule has 0 heterocycles. The first-order chi connectivity index (χ1) is 11.1. The second-order valence-electron chi connectivity index (χ2n) is 5.98. The summed E-state index contributed by atoms with van der Waals surface area (Å²) in [4.78, 5) is 0. The zero-order valence-electron chi connectivity index (χ0n) is 14.6. The van der Waals surface area contributed by atoms with Crippen LogP contribution >= 0.6 is 0 Å². The number of rotatable bonds is 7. The molecule has 0 aliphatic rings. The van der Waals surface area contributed by atoms with Crippen LogP contribution in [-0.4, -0.2) is 20.3 Å². The topological polar surface area (TPSA) is 44.5 Å². The highest BCUT2D eigenvalue weighted by atomic mass is 16.5. The predicted molar refractivity (Wildman–Crippen MR) is 95.6 cm³/mol. The second-order valence-corrected chi connectivity index (χ2v) is 5.98. The fourth-order valence-electron chi connectivity index (χ4n) is 2.98. The Bertz CT molecular complexity index is 632. The van der Waals surface area contributed by atoms with Gasteiger partial charge >= 0.3 is 0 Å². The number of hydrogen-bond donors (Lipinski definition) is 1. The number of aryl methyl sites for hydroxylation is 2. The van der Waals surface area contributed by atoms with E-state index in [-0.39, 0.29) is 0 Å². The van der Waals surface area contributed by atoms with Crippen molar-refractivity contribution in [1.29, 1.82) is 0 Å².